The van der Waals surface area contributed by atoms with Gasteiger partial charge in [-0.05, 0) is 40.8 Å². The van der Waals surface area contributed by atoms with Crippen molar-refractivity contribution >= 4 is 28.9 Å². The number of benzene rings is 3. The van der Waals surface area contributed by atoms with Crippen LogP contribution in [0.25, 0.3) is 22.0 Å². The summed E-state index contributed by atoms with van der Waals surface area (Å²) < 4.78 is 12.2. The van der Waals surface area contributed by atoms with Gasteiger partial charge in [0.1, 0.15) is 19.2 Å². The Labute approximate surface area is 219 Å². The van der Waals surface area contributed by atoms with Crippen LogP contribution in [0.15, 0.2) is 72.8 Å². The average molecular weight is 513 g/mol. The van der Waals surface area contributed by atoms with Gasteiger partial charge in [0.05, 0.1) is 7.11 Å². The lowest BCUT2D eigenvalue weighted by atomic mass is 9.98. The van der Waals surface area contributed by atoms with E-state index < -0.39 is 24.1 Å². The molecule has 1 aromatic heterocycles. The molecule has 4 aromatic rings. The van der Waals surface area contributed by atoms with E-state index in [0.29, 0.717) is 0 Å². The number of nitrogens with zero attached hydrogens (tertiary/aromatic N) is 1. The summed E-state index contributed by atoms with van der Waals surface area (Å²) in [7, 11) is 1.32. The van der Waals surface area contributed by atoms with Gasteiger partial charge in [-0.2, -0.15) is 0 Å². The number of methoxy groups -OCH3 is 1. The molecule has 0 saturated carbocycles. The molecule has 0 spiro atoms. The Bertz CT molecular complexity index is 1490. The van der Waals surface area contributed by atoms with Crippen LogP contribution in [0, 0.1) is 6.92 Å². The van der Waals surface area contributed by atoms with Crippen LogP contribution in [0.1, 0.15) is 28.3 Å². The average Bonchev–Trinajstić information content (AvgIpc) is 3.39. The number of amides is 1. The predicted molar refractivity (Wildman–Crippen MR) is 142 cm³/mol. The molecule has 0 fully saturated rings. The number of carbonyl (C=O) groups is 3. The SMILES string of the molecule is COC(=O)Cn1c(C)c(CC(NC(=O)OCC2c3ccccc3-c3ccccc32)C(=O)O)c2ccccc21. The van der Waals surface area contributed by atoms with Crippen molar-refractivity contribution in [3.63, 3.8) is 0 Å². The van der Waals surface area contributed by atoms with Gasteiger partial charge < -0.3 is 24.5 Å². The Balaban J connectivity index is 1.33. The third-order valence-corrected chi connectivity index (χ3v) is 7.22. The van der Waals surface area contributed by atoms with Crippen LogP contribution in [-0.2, 0) is 32.0 Å². The lowest BCUT2D eigenvalue weighted by Crippen LogP contribution is -2.43. The highest BCUT2D eigenvalue weighted by Gasteiger charge is 2.30. The summed E-state index contributed by atoms with van der Waals surface area (Å²) in [5.41, 5.74) is 6.62. The molecule has 1 atom stereocenters. The van der Waals surface area contributed by atoms with Crippen molar-refractivity contribution < 1.29 is 29.0 Å². The van der Waals surface area contributed by atoms with Gasteiger partial charge in [0, 0.05) is 28.9 Å². The molecule has 8 heteroatoms. The predicted octanol–water partition coefficient (Wildman–Crippen LogP) is 4.66. The van der Waals surface area contributed by atoms with Gasteiger partial charge in [0.2, 0.25) is 0 Å². The molecule has 1 aliphatic rings. The molecule has 5 rings (SSSR count). The highest BCUT2D eigenvalue weighted by molar-refractivity contribution is 5.88. The fourth-order valence-electron chi connectivity index (χ4n) is 5.34. The van der Waals surface area contributed by atoms with E-state index in [0.717, 1.165) is 44.4 Å². The summed E-state index contributed by atoms with van der Waals surface area (Å²) in [6, 6.07) is 22.2. The smallest absolute Gasteiger partial charge is 0.407 e. The second kappa shape index (κ2) is 10.4. The number of fused-ring (bicyclic) bond motifs is 4. The molecule has 1 amide bonds. The topological polar surface area (TPSA) is 107 Å². The molecule has 1 heterocycles. The summed E-state index contributed by atoms with van der Waals surface area (Å²) in [5, 5.41) is 13.3. The van der Waals surface area contributed by atoms with Crippen LogP contribution in [0.5, 0.6) is 0 Å². The number of carbonyl (C=O) groups excluding carboxylic acids is 2. The summed E-state index contributed by atoms with van der Waals surface area (Å²) in [5.74, 6) is -1.72. The van der Waals surface area contributed by atoms with Crippen molar-refractivity contribution in [3.8, 4) is 11.1 Å². The highest BCUT2D eigenvalue weighted by Crippen LogP contribution is 2.44. The zero-order valence-electron chi connectivity index (χ0n) is 21.1. The number of aliphatic carboxylic acids is 1. The number of esters is 1. The Morgan fingerprint density at radius 3 is 2.18 bits per heavy atom. The van der Waals surface area contributed by atoms with E-state index in [-0.39, 0.29) is 25.5 Å². The lowest BCUT2D eigenvalue weighted by Gasteiger charge is -2.18. The molecule has 1 aliphatic carbocycles. The first-order chi connectivity index (χ1) is 18.4. The van der Waals surface area contributed by atoms with Crippen LogP contribution in [0.4, 0.5) is 4.79 Å². The minimum atomic E-state index is -1.22. The van der Waals surface area contributed by atoms with Crippen LogP contribution < -0.4 is 5.32 Å². The minimum Gasteiger partial charge on any atom is -0.480 e. The van der Waals surface area contributed by atoms with E-state index in [2.05, 4.69) is 5.32 Å². The van der Waals surface area contributed by atoms with E-state index >= 15 is 0 Å². The molecule has 0 aliphatic heterocycles. The van der Waals surface area contributed by atoms with E-state index in [4.69, 9.17) is 9.47 Å². The molecule has 3 aromatic carbocycles. The first kappa shape index (κ1) is 25.1. The molecule has 0 radical (unpaired) electrons. The number of ether oxygens (including phenoxy) is 2. The van der Waals surface area contributed by atoms with Crippen LogP contribution in [-0.4, -0.2) is 47.5 Å². The second-order valence-corrected chi connectivity index (χ2v) is 9.31. The highest BCUT2D eigenvalue weighted by atomic mass is 16.5. The zero-order chi connectivity index (χ0) is 26.8. The maximum Gasteiger partial charge on any atom is 0.407 e. The molecule has 8 nitrogen and oxygen atoms in total. The molecule has 194 valence electrons. The monoisotopic (exact) mass is 512 g/mol. The number of alkyl carbamates (subject to hydrolysis) is 1. The standard InChI is InChI=1S/C30H28N2O6/c1-18-24(23-13-7-8-14-27(23)32(18)16-28(33)37-2)15-26(29(34)35)31-30(36)38-17-25-21-11-5-3-9-19(21)20-10-4-6-12-22(20)25/h3-14,25-26H,15-17H2,1-2H3,(H,31,36)(H,34,35). The fraction of sp³-hybridized carbons (Fsp3) is 0.233. The van der Waals surface area contributed by atoms with Gasteiger partial charge in [-0.3, -0.25) is 4.79 Å². The summed E-state index contributed by atoms with van der Waals surface area (Å²) >= 11 is 0. The van der Waals surface area contributed by atoms with Gasteiger partial charge in [0.25, 0.3) is 0 Å². The van der Waals surface area contributed by atoms with Crippen LogP contribution in [0.2, 0.25) is 0 Å². The summed E-state index contributed by atoms with van der Waals surface area (Å²) in [4.78, 5) is 36.9. The third-order valence-electron chi connectivity index (χ3n) is 7.22. The quantitative estimate of drug-likeness (QED) is 0.333. The Kier molecular flexibility index (Phi) is 6.87. The van der Waals surface area contributed by atoms with Crippen molar-refractivity contribution in [2.45, 2.75) is 31.8 Å². The van der Waals surface area contributed by atoms with Crippen molar-refractivity contribution in [2.24, 2.45) is 0 Å². The summed E-state index contributed by atoms with van der Waals surface area (Å²) in [6.07, 6.45) is -0.768. The van der Waals surface area contributed by atoms with Gasteiger partial charge >= 0.3 is 18.0 Å². The third kappa shape index (κ3) is 4.61. The largest absolute Gasteiger partial charge is 0.480 e. The van der Waals surface area contributed by atoms with Crippen LogP contribution in [0.3, 0.4) is 0 Å². The Hall–Kier alpha value is -4.59. The number of carboxylic acid groups (broad SMARTS) is 1. The van der Waals surface area contributed by atoms with Crippen molar-refractivity contribution in [1.29, 1.82) is 0 Å². The molecule has 1 unspecified atom stereocenters. The Morgan fingerprint density at radius 1 is 0.947 bits per heavy atom. The fourth-order valence-corrected chi connectivity index (χ4v) is 5.34. The normalized spacial score (nSPS) is 13.0. The minimum absolute atomic E-state index is 0.000389. The number of para-hydroxylation sites is 1. The molecule has 38 heavy (non-hydrogen) atoms. The molecule has 2 N–H and O–H groups in total. The Morgan fingerprint density at radius 2 is 1.55 bits per heavy atom. The first-order valence-electron chi connectivity index (χ1n) is 12.4. The number of nitrogens with one attached hydrogen (secondary N) is 1. The van der Waals surface area contributed by atoms with E-state index in [1.54, 1.807) is 4.57 Å². The van der Waals surface area contributed by atoms with E-state index in [1.807, 2.05) is 79.7 Å². The summed E-state index contributed by atoms with van der Waals surface area (Å²) in [6.45, 7) is 1.91. The number of hydrogen-bond acceptors (Lipinski definition) is 5. The second-order valence-electron chi connectivity index (χ2n) is 9.31. The van der Waals surface area contributed by atoms with Gasteiger partial charge in [-0.25, -0.2) is 9.59 Å². The van der Waals surface area contributed by atoms with E-state index in [9.17, 15) is 19.5 Å². The molecule has 0 bridgehead atoms. The first-order valence-corrected chi connectivity index (χ1v) is 12.4. The van der Waals surface area contributed by atoms with E-state index in [1.165, 1.54) is 7.11 Å². The van der Waals surface area contributed by atoms with Crippen LogP contribution >= 0.6 is 0 Å². The van der Waals surface area contributed by atoms with Gasteiger partial charge in [-0.1, -0.05) is 66.7 Å². The number of hydrogen-bond donors (Lipinski definition) is 2. The molecular formula is C30H28N2O6. The lowest BCUT2D eigenvalue weighted by molar-refractivity contribution is -0.141. The number of rotatable bonds is 8. The number of aromatic nitrogens is 1. The van der Waals surface area contributed by atoms with Gasteiger partial charge in [-0.15, -0.1) is 0 Å². The van der Waals surface area contributed by atoms with Gasteiger partial charge in [0.15, 0.2) is 0 Å². The maximum atomic E-state index is 12.8. The molecule has 0 saturated heterocycles. The zero-order valence-corrected chi connectivity index (χ0v) is 21.1. The number of carboxylic acids is 1. The van der Waals surface area contributed by atoms with Crippen molar-refractivity contribution in [3.05, 3.63) is 95.2 Å². The van der Waals surface area contributed by atoms with Crippen molar-refractivity contribution in [1.82, 2.24) is 9.88 Å². The molecular weight excluding hydrogens is 484 g/mol. The maximum absolute atomic E-state index is 12.8. The van der Waals surface area contributed by atoms with Crippen molar-refractivity contribution in [2.75, 3.05) is 13.7 Å².